The van der Waals surface area contributed by atoms with E-state index in [4.69, 9.17) is 19.9 Å². The molecule has 468 valence electrons. The van der Waals surface area contributed by atoms with E-state index in [1.54, 1.807) is 12.4 Å². The van der Waals surface area contributed by atoms with Gasteiger partial charge in [0, 0.05) is 58.2 Å². The summed E-state index contributed by atoms with van der Waals surface area (Å²) in [6, 6.07) is 124. The molecule has 4 aromatic heterocycles. The molecule has 0 fully saturated rings. The molecule has 18 aromatic rings. The summed E-state index contributed by atoms with van der Waals surface area (Å²) in [5.74, 6) is 1.37. The molecule has 18 rings (SSSR count). The molecule has 0 radical (unpaired) electrons. The minimum absolute atomic E-state index is 0.687. The molecule has 0 bridgehead atoms. The Balaban J connectivity index is 0.000000150. The van der Waals surface area contributed by atoms with Crippen LogP contribution in [-0.2, 0) is 0 Å². The van der Waals surface area contributed by atoms with Crippen LogP contribution in [0.4, 0.5) is 0 Å². The van der Waals surface area contributed by atoms with Crippen LogP contribution in [0.25, 0.3) is 178 Å². The van der Waals surface area contributed by atoms with Crippen molar-refractivity contribution < 1.29 is 0 Å². The van der Waals surface area contributed by atoms with E-state index in [0.717, 1.165) is 101 Å². The highest BCUT2D eigenvalue weighted by Gasteiger charge is 2.17. The number of fused-ring (bicyclic) bond motifs is 4. The summed E-state index contributed by atoms with van der Waals surface area (Å²) in [4.78, 5) is 29.5. The fraction of sp³-hybridized carbons (Fsp3) is 0. The van der Waals surface area contributed by atoms with Crippen LogP contribution < -0.4 is 0 Å². The van der Waals surface area contributed by atoms with Gasteiger partial charge in [0.2, 0.25) is 0 Å². The van der Waals surface area contributed by atoms with Crippen molar-refractivity contribution in [3.63, 3.8) is 0 Å². The quantitative estimate of drug-likeness (QED) is 0.121. The molecule has 4 heterocycles. The van der Waals surface area contributed by atoms with Gasteiger partial charge in [-0.3, -0.25) is 9.97 Å². The van der Waals surface area contributed by atoms with Crippen molar-refractivity contribution in [2.24, 2.45) is 0 Å². The summed E-state index contributed by atoms with van der Waals surface area (Å²) in [5, 5.41) is 9.80. The Hall–Kier alpha value is -13.4. The van der Waals surface area contributed by atoms with Crippen molar-refractivity contribution in [2.75, 3.05) is 0 Å². The van der Waals surface area contributed by atoms with Crippen LogP contribution in [-0.4, -0.2) is 29.9 Å². The molecule has 0 unspecified atom stereocenters. The Labute approximate surface area is 580 Å². The highest BCUT2D eigenvalue weighted by molar-refractivity contribution is 6.00. The number of rotatable bonds is 12. The Morgan fingerprint density at radius 2 is 0.460 bits per heavy atom. The third-order valence-corrected chi connectivity index (χ3v) is 18.7. The smallest absolute Gasteiger partial charge is 0.160 e. The number of benzene rings is 14. The molecule has 0 amide bonds. The van der Waals surface area contributed by atoms with E-state index in [0.29, 0.717) is 11.6 Å². The molecule has 0 aliphatic heterocycles. The number of pyridine rings is 2. The van der Waals surface area contributed by atoms with E-state index >= 15 is 0 Å². The van der Waals surface area contributed by atoms with E-state index in [9.17, 15) is 0 Å². The molecular formula is C94H62N6. The van der Waals surface area contributed by atoms with E-state index in [1.165, 1.54) is 65.3 Å². The lowest BCUT2D eigenvalue weighted by Crippen LogP contribution is -1.96. The van der Waals surface area contributed by atoms with Gasteiger partial charge in [-0.1, -0.05) is 297 Å². The van der Waals surface area contributed by atoms with E-state index in [1.807, 2.05) is 24.5 Å². The maximum absolute atomic E-state index is 5.24. The fourth-order valence-electron chi connectivity index (χ4n) is 13.6. The Morgan fingerprint density at radius 1 is 0.160 bits per heavy atom. The highest BCUT2D eigenvalue weighted by atomic mass is 14.9. The minimum Gasteiger partial charge on any atom is -0.264 e. The molecule has 6 nitrogen and oxygen atoms in total. The van der Waals surface area contributed by atoms with Gasteiger partial charge in [0.15, 0.2) is 11.6 Å². The first kappa shape index (κ1) is 60.3. The average Bonchev–Trinajstić information content (AvgIpc) is 0.854. The molecule has 0 saturated carbocycles. The Kier molecular flexibility index (Phi) is 16.3. The third kappa shape index (κ3) is 12.5. The summed E-state index contributed by atoms with van der Waals surface area (Å²) in [6.45, 7) is 0. The molecule has 0 atom stereocenters. The van der Waals surface area contributed by atoms with Gasteiger partial charge < -0.3 is 0 Å². The second kappa shape index (κ2) is 27.0. The second-order valence-corrected chi connectivity index (χ2v) is 25.0. The highest BCUT2D eigenvalue weighted by Crippen LogP contribution is 2.39. The average molecular weight is 1280 g/mol. The van der Waals surface area contributed by atoms with Crippen molar-refractivity contribution in [2.45, 2.75) is 0 Å². The number of nitrogens with zero attached hydrogens (tertiary/aromatic N) is 6. The van der Waals surface area contributed by atoms with Gasteiger partial charge in [-0.25, -0.2) is 19.9 Å². The lowest BCUT2D eigenvalue weighted by Gasteiger charge is -2.13. The predicted octanol–water partition coefficient (Wildman–Crippen LogP) is 24.4. The largest absolute Gasteiger partial charge is 0.264 e. The fourth-order valence-corrected chi connectivity index (χ4v) is 13.6. The lowest BCUT2D eigenvalue weighted by molar-refractivity contribution is 1.18. The zero-order valence-electron chi connectivity index (χ0n) is 54.5. The zero-order chi connectivity index (χ0) is 66.6. The molecule has 100 heavy (non-hydrogen) atoms. The van der Waals surface area contributed by atoms with Crippen molar-refractivity contribution in [3.8, 4) is 135 Å². The van der Waals surface area contributed by atoms with E-state index in [2.05, 4.69) is 350 Å². The van der Waals surface area contributed by atoms with Gasteiger partial charge in [0.25, 0.3) is 0 Å². The first-order valence-corrected chi connectivity index (χ1v) is 33.7. The second-order valence-electron chi connectivity index (χ2n) is 25.0. The summed E-state index contributed by atoms with van der Waals surface area (Å²) in [6.07, 6.45) is 7.38. The van der Waals surface area contributed by atoms with Gasteiger partial charge in [-0.05, 0) is 164 Å². The first-order chi connectivity index (χ1) is 49.5. The molecular weight excluding hydrogens is 1210 g/mol. The summed E-state index contributed by atoms with van der Waals surface area (Å²) in [5.41, 5.74) is 23.3. The van der Waals surface area contributed by atoms with Crippen LogP contribution in [0.2, 0.25) is 0 Å². The third-order valence-electron chi connectivity index (χ3n) is 18.7. The normalized spacial score (nSPS) is 11.2. The minimum atomic E-state index is 0.687. The standard InChI is InChI=1S/2C47H31N3/c1-3-19-41-33(10-1)12-7-21-43(41)36-14-5-16-38(28-36)46-30-45(35-25-23-32(24-26-35)40-18-9-27-48-31-40)49-47(50-46)39-17-6-15-37(29-39)44-22-8-13-34-11-2-4-20-42(34)44;1-2-11-36-27-38(25-22-32(36)9-1)37-13-5-15-40(28-37)46-30-45(35-23-20-33(21-24-35)42-17-8-26-48-31-42)49-47(50-46)41-16-6-14-39(29-41)44-19-7-12-34-10-3-4-18-43(34)44/h2*1-31H. The zero-order valence-corrected chi connectivity index (χ0v) is 54.5. The first-order valence-electron chi connectivity index (χ1n) is 33.7. The molecule has 0 spiro atoms. The maximum atomic E-state index is 5.24. The maximum Gasteiger partial charge on any atom is 0.160 e. The molecule has 0 aliphatic carbocycles. The van der Waals surface area contributed by atoms with E-state index < -0.39 is 0 Å². The van der Waals surface area contributed by atoms with Crippen LogP contribution in [0.5, 0.6) is 0 Å². The Bertz CT molecular complexity index is 5870. The van der Waals surface area contributed by atoms with Crippen molar-refractivity contribution in [1.29, 1.82) is 0 Å². The van der Waals surface area contributed by atoms with E-state index in [-0.39, 0.29) is 0 Å². The molecule has 0 N–H and O–H groups in total. The van der Waals surface area contributed by atoms with Crippen LogP contribution in [0, 0.1) is 0 Å². The van der Waals surface area contributed by atoms with Crippen molar-refractivity contribution >= 4 is 43.1 Å². The summed E-state index contributed by atoms with van der Waals surface area (Å²) >= 11 is 0. The lowest BCUT2D eigenvalue weighted by atomic mass is 9.95. The van der Waals surface area contributed by atoms with Gasteiger partial charge in [-0.15, -0.1) is 0 Å². The van der Waals surface area contributed by atoms with Crippen molar-refractivity contribution in [1.82, 2.24) is 29.9 Å². The Morgan fingerprint density at radius 3 is 0.890 bits per heavy atom. The summed E-state index contributed by atoms with van der Waals surface area (Å²) in [7, 11) is 0. The van der Waals surface area contributed by atoms with Crippen LogP contribution in [0.1, 0.15) is 0 Å². The van der Waals surface area contributed by atoms with Crippen LogP contribution in [0.3, 0.4) is 0 Å². The van der Waals surface area contributed by atoms with Gasteiger partial charge in [0.05, 0.1) is 22.8 Å². The predicted molar refractivity (Wildman–Crippen MR) is 415 cm³/mol. The number of hydrogen-bond acceptors (Lipinski definition) is 6. The summed E-state index contributed by atoms with van der Waals surface area (Å²) < 4.78 is 0. The monoisotopic (exact) mass is 1270 g/mol. The van der Waals surface area contributed by atoms with Crippen molar-refractivity contribution in [3.05, 3.63) is 377 Å². The van der Waals surface area contributed by atoms with Gasteiger partial charge in [-0.2, -0.15) is 0 Å². The SMILES string of the molecule is c1cncc(-c2ccc(-c3cc(-c4cccc(-c5ccc6ccccc6c5)c4)nc(-c4cccc(-c5cccc6ccccc56)c4)n3)cc2)c1.c1cncc(-c2ccc(-c3cc(-c4cccc(-c5cccc6ccccc56)c4)nc(-c4cccc(-c5cccc6ccccc56)c4)n3)cc2)c1. The molecule has 0 aliphatic rings. The molecule has 14 aromatic carbocycles. The number of aromatic nitrogens is 6. The van der Waals surface area contributed by atoms with Crippen LogP contribution >= 0.6 is 0 Å². The van der Waals surface area contributed by atoms with Gasteiger partial charge >= 0.3 is 0 Å². The molecule has 0 saturated heterocycles. The van der Waals surface area contributed by atoms with Gasteiger partial charge in [0.1, 0.15) is 0 Å². The molecule has 6 heteroatoms. The number of hydrogen-bond donors (Lipinski definition) is 0. The van der Waals surface area contributed by atoms with Crippen LogP contribution in [0.15, 0.2) is 377 Å². The topological polar surface area (TPSA) is 77.3 Å².